The molecule has 0 fully saturated rings. The number of hydrogen-bond acceptors (Lipinski definition) is 8. The van der Waals surface area contributed by atoms with Crippen LogP contribution in [0.3, 0.4) is 0 Å². The summed E-state index contributed by atoms with van der Waals surface area (Å²) in [6.07, 6.45) is 0. The Hall–Kier alpha value is -2.04. The first-order chi connectivity index (χ1) is 13.0. The standard InChI is InChI=1S/C18H33N3O7/c1-5-19(11-16(24)25)6-7-20(13-28-14-22)8-9-21(12-17(26)27)10-15(23)18(2,3)4/h14H,5-13H2,1-4H3,(H,24,25)(H,26,27). The van der Waals surface area contributed by atoms with E-state index < -0.39 is 17.4 Å². The second-order valence-electron chi connectivity index (χ2n) is 7.55. The highest BCUT2D eigenvalue weighted by molar-refractivity contribution is 5.86. The van der Waals surface area contributed by atoms with Crippen LogP contribution in [0.1, 0.15) is 27.7 Å². The average molecular weight is 403 g/mol. The predicted molar refractivity (Wildman–Crippen MR) is 102 cm³/mol. The summed E-state index contributed by atoms with van der Waals surface area (Å²) in [7, 11) is 0. The lowest BCUT2D eigenvalue weighted by Crippen LogP contribution is -2.45. The van der Waals surface area contributed by atoms with Crippen molar-refractivity contribution in [2.45, 2.75) is 27.7 Å². The Morgan fingerprint density at radius 3 is 1.75 bits per heavy atom. The molecule has 0 aliphatic heterocycles. The van der Waals surface area contributed by atoms with Gasteiger partial charge in [0.1, 0.15) is 6.73 Å². The van der Waals surface area contributed by atoms with E-state index in [2.05, 4.69) is 0 Å². The monoisotopic (exact) mass is 403 g/mol. The van der Waals surface area contributed by atoms with Crippen molar-refractivity contribution in [1.29, 1.82) is 0 Å². The fraction of sp³-hybridized carbons (Fsp3) is 0.778. The summed E-state index contributed by atoms with van der Waals surface area (Å²) in [4.78, 5) is 49.8. The van der Waals surface area contributed by atoms with Crippen molar-refractivity contribution >= 4 is 24.2 Å². The fourth-order valence-corrected chi connectivity index (χ4v) is 2.33. The number of likely N-dealkylation sites (N-methyl/N-ethyl adjacent to an activating group) is 1. The van der Waals surface area contributed by atoms with Crippen LogP contribution in [0, 0.1) is 5.41 Å². The maximum Gasteiger partial charge on any atom is 0.317 e. The number of rotatable bonds is 16. The highest BCUT2D eigenvalue weighted by atomic mass is 16.5. The van der Waals surface area contributed by atoms with E-state index in [0.717, 1.165) is 0 Å². The van der Waals surface area contributed by atoms with Gasteiger partial charge in [-0.15, -0.1) is 0 Å². The molecule has 0 aromatic rings. The third kappa shape index (κ3) is 12.4. The molecular formula is C18H33N3O7. The van der Waals surface area contributed by atoms with Crippen LogP contribution >= 0.6 is 0 Å². The number of hydrogen-bond donors (Lipinski definition) is 2. The van der Waals surface area contributed by atoms with Gasteiger partial charge in [-0.05, 0) is 6.54 Å². The van der Waals surface area contributed by atoms with E-state index in [1.165, 1.54) is 0 Å². The van der Waals surface area contributed by atoms with E-state index in [-0.39, 0.29) is 32.1 Å². The normalized spacial score (nSPS) is 11.8. The maximum atomic E-state index is 12.2. The molecule has 0 aromatic carbocycles. The molecular weight excluding hydrogens is 370 g/mol. The zero-order valence-corrected chi connectivity index (χ0v) is 17.2. The number of carbonyl (C=O) groups is 4. The summed E-state index contributed by atoms with van der Waals surface area (Å²) in [6.45, 7) is 9.25. The highest BCUT2D eigenvalue weighted by Gasteiger charge is 2.24. The molecule has 0 saturated carbocycles. The Morgan fingerprint density at radius 2 is 1.32 bits per heavy atom. The zero-order valence-electron chi connectivity index (χ0n) is 17.2. The minimum atomic E-state index is -1.03. The molecule has 10 nitrogen and oxygen atoms in total. The lowest BCUT2D eigenvalue weighted by atomic mass is 9.90. The van der Waals surface area contributed by atoms with Crippen LogP contribution in [0.5, 0.6) is 0 Å². The lowest BCUT2D eigenvalue weighted by Gasteiger charge is -2.29. The Balaban J connectivity index is 4.86. The van der Waals surface area contributed by atoms with Gasteiger partial charge in [0.15, 0.2) is 5.78 Å². The first kappa shape index (κ1) is 26.0. The number of carbonyl (C=O) groups excluding carboxylic acids is 2. The molecule has 0 rings (SSSR count). The number of carboxylic acid groups (broad SMARTS) is 2. The van der Waals surface area contributed by atoms with Gasteiger partial charge >= 0.3 is 11.9 Å². The molecule has 0 aliphatic rings. The Labute approximate surface area is 166 Å². The largest absolute Gasteiger partial charge is 0.480 e. The lowest BCUT2D eigenvalue weighted by molar-refractivity contribution is -0.139. The minimum absolute atomic E-state index is 0.00224. The molecule has 0 heterocycles. The van der Waals surface area contributed by atoms with Gasteiger partial charge < -0.3 is 14.9 Å². The summed E-state index contributed by atoms with van der Waals surface area (Å²) < 4.78 is 4.80. The summed E-state index contributed by atoms with van der Waals surface area (Å²) in [5, 5.41) is 18.0. The van der Waals surface area contributed by atoms with E-state index >= 15 is 0 Å². The van der Waals surface area contributed by atoms with Gasteiger partial charge in [-0.1, -0.05) is 27.7 Å². The van der Waals surface area contributed by atoms with E-state index in [0.29, 0.717) is 39.2 Å². The maximum absolute atomic E-state index is 12.2. The number of ketones is 1. The molecule has 10 heteroatoms. The Bertz CT molecular complexity index is 520. The van der Waals surface area contributed by atoms with Crippen LogP contribution in [0.25, 0.3) is 0 Å². The zero-order chi connectivity index (χ0) is 21.7. The first-order valence-corrected chi connectivity index (χ1v) is 9.18. The van der Waals surface area contributed by atoms with Crippen LogP contribution < -0.4 is 0 Å². The van der Waals surface area contributed by atoms with Crippen molar-refractivity contribution in [2.75, 3.05) is 59.1 Å². The van der Waals surface area contributed by atoms with Gasteiger partial charge in [0, 0.05) is 31.6 Å². The van der Waals surface area contributed by atoms with Crippen molar-refractivity contribution in [2.24, 2.45) is 5.41 Å². The number of nitrogens with zero attached hydrogens (tertiary/aromatic N) is 3. The van der Waals surface area contributed by atoms with Crippen LogP contribution in [0.2, 0.25) is 0 Å². The Kier molecular flexibility index (Phi) is 12.2. The molecule has 0 spiro atoms. The van der Waals surface area contributed by atoms with Crippen molar-refractivity contribution in [3.05, 3.63) is 0 Å². The minimum Gasteiger partial charge on any atom is -0.480 e. The quantitative estimate of drug-likeness (QED) is 0.265. The third-order valence-corrected chi connectivity index (χ3v) is 4.16. The second-order valence-corrected chi connectivity index (χ2v) is 7.55. The first-order valence-electron chi connectivity index (χ1n) is 9.18. The van der Waals surface area contributed by atoms with Crippen molar-refractivity contribution < 1.29 is 34.1 Å². The van der Waals surface area contributed by atoms with Gasteiger partial charge in [-0.25, -0.2) is 0 Å². The summed E-state index contributed by atoms with van der Waals surface area (Å²) in [6, 6.07) is 0. The number of Topliss-reactive ketones (excluding diaryl/α,β-unsaturated/α-hetero) is 1. The van der Waals surface area contributed by atoms with E-state index in [1.807, 2.05) is 6.92 Å². The molecule has 0 atom stereocenters. The van der Waals surface area contributed by atoms with E-state index in [4.69, 9.17) is 14.9 Å². The van der Waals surface area contributed by atoms with Crippen molar-refractivity contribution in [3.8, 4) is 0 Å². The number of aliphatic carboxylic acids is 2. The van der Waals surface area contributed by atoms with Crippen LogP contribution in [0.4, 0.5) is 0 Å². The summed E-state index contributed by atoms with van der Waals surface area (Å²) >= 11 is 0. The van der Waals surface area contributed by atoms with Crippen LogP contribution in [-0.2, 0) is 23.9 Å². The molecule has 0 aliphatic carbocycles. The Morgan fingerprint density at radius 1 is 0.857 bits per heavy atom. The second kappa shape index (κ2) is 13.2. The van der Waals surface area contributed by atoms with Gasteiger partial charge in [0.2, 0.25) is 0 Å². The fourth-order valence-electron chi connectivity index (χ4n) is 2.33. The van der Waals surface area contributed by atoms with Crippen molar-refractivity contribution in [3.63, 3.8) is 0 Å². The van der Waals surface area contributed by atoms with Crippen LogP contribution in [-0.4, -0.2) is 108 Å². The van der Waals surface area contributed by atoms with Gasteiger partial charge in [-0.3, -0.25) is 33.9 Å². The van der Waals surface area contributed by atoms with E-state index in [1.54, 1.807) is 35.5 Å². The van der Waals surface area contributed by atoms with Gasteiger partial charge in [0.25, 0.3) is 6.47 Å². The molecule has 0 bridgehead atoms. The summed E-state index contributed by atoms with van der Waals surface area (Å²) in [5.74, 6) is -2.02. The van der Waals surface area contributed by atoms with Gasteiger partial charge in [0.05, 0.1) is 19.6 Å². The molecule has 0 amide bonds. The third-order valence-electron chi connectivity index (χ3n) is 4.16. The molecule has 162 valence electrons. The molecule has 28 heavy (non-hydrogen) atoms. The van der Waals surface area contributed by atoms with E-state index in [9.17, 15) is 19.2 Å². The summed E-state index contributed by atoms with van der Waals surface area (Å²) in [5.41, 5.74) is -0.574. The average Bonchev–Trinajstić information content (AvgIpc) is 2.57. The number of carboxylic acids is 2. The van der Waals surface area contributed by atoms with Crippen molar-refractivity contribution in [1.82, 2.24) is 14.7 Å². The topological polar surface area (TPSA) is 128 Å². The smallest absolute Gasteiger partial charge is 0.317 e. The van der Waals surface area contributed by atoms with Crippen LogP contribution in [0.15, 0.2) is 0 Å². The number of ether oxygens (including phenoxy) is 1. The SMILES string of the molecule is CCN(CCN(CCN(CC(=O)O)CC(=O)C(C)(C)C)COC=O)CC(=O)O. The highest BCUT2D eigenvalue weighted by Crippen LogP contribution is 2.15. The molecule has 0 aromatic heterocycles. The molecule has 0 unspecified atom stereocenters. The molecule has 0 saturated heterocycles. The van der Waals surface area contributed by atoms with Gasteiger partial charge in [-0.2, -0.15) is 0 Å². The molecule has 0 radical (unpaired) electrons. The molecule has 2 N–H and O–H groups in total. The predicted octanol–water partition coefficient (Wildman–Crippen LogP) is -0.173.